The number of hydrogen-bond acceptors (Lipinski definition) is 2. The fraction of sp³-hybridized carbons (Fsp3) is 0.875. The SMILES string of the molecule is CNC(=O)OCCCC(C)C.[HH]. The van der Waals surface area contributed by atoms with E-state index in [0.29, 0.717) is 12.5 Å². The van der Waals surface area contributed by atoms with Crippen LogP contribution in [0.4, 0.5) is 4.79 Å². The summed E-state index contributed by atoms with van der Waals surface area (Å²) >= 11 is 0. The molecule has 0 aliphatic rings. The molecule has 3 heteroatoms. The van der Waals surface area contributed by atoms with Gasteiger partial charge in [-0.05, 0) is 18.8 Å². The van der Waals surface area contributed by atoms with Gasteiger partial charge in [0.1, 0.15) is 0 Å². The first-order valence-electron chi connectivity index (χ1n) is 4.01. The van der Waals surface area contributed by atoms with Crippen molar-refractivity contribution >= 4 is 6.09 Å². The minimum Gasteiger partial charge on any atom is -0.450 e. The van der Waals surface area contributed by atoms with Crippen LogP contribution in [0, 0.1) is 5.92 Å². The predicted octanol–water partition coefficient (Wildman–Crippen LogP) is 2.02. The topological polar surface area (TPSA) is 38.3 Å². The number of alkyl carbamates (subject to hydrolysis) is 1. The molecule has 0 spiro atoms. The number of carbonyl (C=O) groups is 1. The highest BCUT2D eigenvalue weighted by molar-refractivity contribution is 5.66. The van der Waals surface area contributed by atoms with Gasteiger partial charge in [0, 0.05) is 8.47 Å². The summed E-state index contributed by atoms with van der Waals surface area (Å²) in [7, 11) is 1.56. The Morgan fingerprint density at radius 2 is 2.27 bits per heavy atom. The molecule has 11 heavy (non-hydrogen) atoms. The summed E-state index contributed by atoms with van der Waals surface area (Å²) < 4.78 is 4.79. The molecule has 0 aromatic carbocycles. The van der Waals surface area contributed by atoms with E-state index in [0.717, 1.165) is 12.8 Å². The van der Waals surface area contributed by atoms with Gasteiger partial charge in [0.05, 0.1) is 6.61 Å². The van der Waals surface area contributed by atoms with E-state index < -0.39 is 0 Å². The van der Waals surface area contributed by atoms with Crippen LogP contribution in [-0.4, -0.2) is 19.7 Å². The van der Waals surface area contributed by atoms with Crippen molar-refractivity contribution in [3.63, 3.8) is 0 Å². The second kappa shape index (κ2) is 6.01. The lowest BCUT2D eigenvalue weighted by Crippen LogP contribution is -2.19. The van der Waals surface area contributed by atoms with E-state index in [2.05, 4.69) is 19.2 Å². The molecule has 0 radical (unpaired) electrons. The van der Waals surface area contributed by atoms with E-state index >= 15 is 0 Å². The molecule has 0 atom stereocenters. The minimum atomic E-state index is -0.339. The van der Waals surface area contributed by atoms with Crippen molar-refractivity contribution in [2.75, 3.05) is 13.7 Å². The van der Waals surface area contributed by atoms with Crippen LogP contribution < -0.4 is 5.32 Å². The molecule has 0 aromatic heterocycles. The van der Waals surface area contributed by atoms with Gasteiger partial charge in [0.15, 0.2) is 0 Å². The molecule has 68 valence electrons. The summed E-state index contributed by atoms with van der Waals surface area (Å²) in [5, 5.41) is 2.39. The summed E-state index contributed by atoms with van der Waals surface area (Å²) in [4.78, 5) is 10.5. The lowest BCUT2D eigenvalue weighted by Gasteiger charge is -2.05. The maximum Gasteiger partial charge on any atom is 0.406 e. The van der Waals surface area contributed by atoms with Gasteiger partial charge in [-0.2, -0.15) is 0 Å². The van der Waals surface area contributed by atoms with E-state index in [4.69, 9.17) is 4.74 Å². The van der Waals surface area contributed by atoms with E-state index in [1.165, 1.54) is 0 Å². The Bertz CT molecular complexity index is 118. The molecule has 0 heterocycles. The average molecular weight is 161 g/mol. The van der Waals surface area contributed by atoms with Crippen LogP contribution in [0.1, 0.15) is 28.1 Å². The molecule has 0 fully saturated rings. The normalized spacial score (nSPS) is 9.82. The van der Waals surface area contributed by atoms with Crippen LogP contribution in [0.5, 0.6) is 0 Å². The van der Waals surface area contributed by atoms with Gasteiger partial charge < -0.3 is 10.1 Å². The zero-order chi connectivity index (χ0) is 8.69. The largest absolute Gasteiger partial charge is 0.450 e. The third-order valence-corrected chi connectivity index (χ3v) is 1.36. The van der Waals surface area contributed by atoms with Crippen molar-refractivity contribution in [2.45, 2.75) is 26.7 Å². The summed E-state index contributed by atoms with van der Waals surface area (Å²) in [5.74, 6) is 0.684. The molecule has 3 nitrogen and oxygen atoms in total. The molecule has 0 unspecified atom stereocenters. The molecule has 0 aliphatic carbocycles. The van der Waals surface area contributed by atoms with E-state index in [-0.39, 0.29) is 7.52 Å². The van der Waals surface area contributed by atoms with Gasteiger partial charge in [-0.15, -0.1) is 0 Å². The van der Waals surface area contributed by atoms with E-state index in [9.17, 15) is 4.79 Å². The fourth-order valence-electron chi connectivity index (χ4n) is 0.729. The lowest BCUT2D eigenvalue weighted by molar-refractivity contribution is 0.145. The van der Waals surface area contributed by atoms with Gasteiger partial charge in [-0.3, -0.25) is 0 Å². The van der Waals surface area contributed by atoms with Crippen LogP contribution in [0.2, 0.25) is 0 Å². The Labute approximate surface area is 69.6 Å². The molecular weight excluding hydrogens is 142 g/mol. The summed E-state index contributed by atoms with van der Waals surface area (Å²) in [5.41, 5.74) is 0. The van der Waals surface area contributed by atoms with Crippen LogP contribution in [0.3, 0.4) is 0 Å². The highest BCUT2D eigenvalue weighted by Crippen LogP contribution is 2.02. The molecule has 1 amide bonds. The highest BCUT2D eigenvalue weighted by Gasteiger charge is 1.97. The molecule has 0 rings (SSSR count). The number of hydrogen-bond donors (Lipinski definition) is 1. The zero-order valence-corrected chi connectivity index (χ0v) is 7.52. The maximum absolute atomic E-state index is 10.5. The first-order chi connectivity index (χ1) is 5.16. The summed E-state index contributed by atoms with van der Waals surface area (Å²) in [6, 6.07) is 0. The minimum absolute atomic E-state index is 0. The second-order valence-electron chi connectivity index (χ2n) is 2.92. The molecule has 0 saturated heterocycles. The van der Waals surface area contributed by atoms with E-state index in [1.54, 1.807) is 7.05 Å². The Morgan fingerprint density at radius 3 is 2.73 bits per heavy atom. The Balaban J connectivity index is 0. The summed E-state index contributed by atoms with van der Waals surface area (Å²) in [6.07, 6.45) is 1.72. The quantitative estimate of drug-likeness (QED) is 0.641. The lowest BCUT2D eigenvalue weighted by atomic mass is 10.1. The van der Waals surface area contributed by atoms with Gasteiger partial charge in [0.2, 0.25) is 0 Å². The molecule has 0 aromatic rings. The number of rotatable bonds is 4. The van der Waals surface area contributed by atoms with E-state index in [1.807, 2.05) is 0 Å². The predicted molar refractivity (Wildman–Crippen MR) is 46.6 cm³/mol. The zero-order valence-electron chi connectivity index (χ0n) is 7.52. The first-order valence-corrected chi connectivity index (χ1v) is 4.01. The van der Waals surface area contributed by atoms with Crippen molar-refractivity contribution < 1.29 is 11.0 Å². The average Bonchev–Trinajstić information content (AvgIpc) is 1.97. The van der Waals surface area contributed by atoms with Crippen LogP contribution >= 0.6 is 0 Å². The maximum atomic E-state index is 10.5. The standard InChI is InChI=1S/C8H17NO2.H2/c1-7(2)5-4-6-11-8(10)9-3;/h7H,4-6H2,1-3H3,(H,9,10);1H. The molecule has 0 bridgehead atoms. The van der Waals surface area contributed by atoms with Gasteiger partial charge in [0.25, 0.3) is 0 Å². The van der Waals surface area contributed by atoms with Gasteiger partial charge >= 0.3 is 6.09 Å². The second-order valence-corrected chi connectivity index (χ2v) is 2.92. The Hall–Kier alpha value is -0.730. The molecular formula is C8H19NO2. The summed E-state index contributed by atoms with van der Waals surface area (Å²) in [6.45, 7) is 4.83. The Morgan fingerprint density at radius 1 is 1.64 bits per heavy atom. The molecule has 0 aliphatic heterocycles. The van der Waals surface area contributed by atoms with Crippen molar-refractivity contribution in [2.24, 2.45) is 5.92 Å². The van der Waals surface area contributed by atoms with Crippen molar-refractivity contribution in [3.8, 4) is 0 Å². The van der Waals surface area contributed by atoms with Gasteiger partial charge in [-0.1, -0.05) is 13.8 Å². The number of carbonyl (C=O) groups excluding carboxylic acids is 1. The van der Waals surface area contributed by atoms with Crippen molar-refractivity contribution in [1.82, 2.24) is 5.32 Å². The third-order valence-electron chi connectivity index (χ3n) is 1.36. The first kappa shape index (κ1) is 10.3. The molecule has 1 N–H and O–H groups in total. The van der Waals surface area contributed by atoms with Crippen LogP contribution in [0.25, 0.3) is 0 Å². The fourth-order valence-corrected chi connectivity index (χ4v) is 0.729. The number of nitrogens with one attached hydrogen (secondary N) is 1. The molecule has 0 saturated carbocycles. The monoisotopic (exact) mass is 161 g/mol. The van der Waals surface area contributed by atoms with Gasteiger partial charge in [-0.25, -0.2) is 4.79 Å². The highest BCUT2D eigenvalue weighted by atomic mass is 16.5. The van der Waals surface area contributed by atoms with Crippen LogP contribution in [0.15, 0.2) is 0 Å². The van der Waals surface area contributed by atoms with Crippen LogP contribution in [-0.2, 0) is 4.74 Å². The smallest absolute Gasteiger partial charge is 0.406 e. The Kier molecular flexibility index (Phi) is 5.61. The van der Waals surface area contributed by atoms with Crippen molar-refractivity contribution in [3.05, 3.63) is 0 Å². The number of ether oxygens (including phenoxy) is 1. The third kappa shape index (κ3) is 7.16. The number of amides is 1. The van der Waals surface area contributed by atoms with Crippen molar-refractivity contribution in [1.29, 1.82) is 0 Å².